The molecule has 0 spiro atoms. The Kier molecular flexibility index (Phi) is 20.2. The number of carbonyl (C=O) groups is 3. The lowest BCUT2D eigenvalue weighted by Crippen LogP contribution is -2.63. The SMILES string of the molecule is CC[C@H]1C=C[C@@H](NC(=O)OCc2ccccc2)[C@@H](O[C@H]2[C@@H](O)[C@H](O[C@@H]3[C@@H](O)[C@H](NC(=O)OCc4ccccc4)C[C@H](C)[C@H]3O[C@H]3O[C@H](COCc4ccccc4)C=C[C@H]3NC(=O)OCc3ccccc3)O[C@@H]2CO)O1. The van der Waals surface area contributed by atoms with Crippen LogP contribution in [0.1, 0.15) is 48.9 Å². The number of carbonyl (C=O) groups excluding carboxylic acids is 3. The lowest BCUT2D eigenvalue weighted by atomic mass is 9.80. The van der Waals surface area contributed by atoms with Crippen molar-refractivity contribution in [1.82, 2.24) is 16.0 Å². The molecule has 1 saturated heterocycles. The minimum Gasteiger partial charge on any atom is -0.445 e. The van der Waals surface area contributed by atoms with Gasteiger partial charge in [0.05, 0.1) is 38.1 Å². The van der Waals surface area contributed by atoms with Crippen LogP contribution in [-0.4, -0.2) is 133 Å². The molecule has 402 valence electrons. The minimum atomic E-state index is -1.62. The number of ether oxygens (including phenoxy) is 10. The molecule has 75 heavy (non-hydrogen) atoms. The van der Waals surface area contributed by atoms with Gasteiger partial charge in [0.2, 0.25) is 0 Å². The Labute approximate surface area is 436 Å². The molecule has 3 aliphatic heterocycles. The highest BCUT2D eigenvalue weighted by Gasteiger charge is 2.53. The van der Waals surface area contributed by atoms with Crippen molar-refractivity contribution in [3.8, 4) is 0 Å². The summed E-state index contributed by atoms with van der Waals surface area (Å²) in [6.07, 6.45) is -7.73. The molecule has 3 amide bonds. The van der Waals surface area contributed by atoms with E-state index < -0.39 is 117 Å². The van der Waals surface area contributed by atoms with Crippen molar-refractivity contribution in [2.75, 3.05) is 13.2 Å². The first-order valence-electron chi connectivity index (χ1n) is 25.3. The average molecular weight is 1040 g/mol. The second-order valence-electron chi connectivity index (χ2n) is 18.8. The smallest absolute Gasteiger partial charge is 0.408 e. The van der Waals surface area contributed by atoms with Crippen molar-refractivity contribution in [2.45, 2.75) is 139 Å². The van der Waals surface area contributed by atoms with Gasteiger partial charge in [-0.3, -0.25) is 0 Å². The third-order valence-electron chi connectivity index (χ3n) is 13.2. The summed E-state index contributed by atoms with van der Waals surface area (Å²) in [5, 5.41) is 43.4. The Morgan fingerprint density at radius 1 is 0.533 bits per heavy atom. The molecule has 15 atom stereocenters. The maximum atomic E-state index is 13.4. The molecular formula is C56H67N3O16. The van der Waals surface area contributed by atoms with Crippen molar-refractivity contribution in [3.63, 3.8) is 0 Å². The number of benzene rings is 4. The summed E-state index contributed by atoms with van der Waals surface area (Å²) < 4.78 is 61.2. The van der Waals surface area contributed by atoms with Gasteiger partial charge < -0.3 is 78.6 Å². The molecule has 0 bridgehead atoms. The van der Waals surface area contributed by atoms with E-state index in [9.17, 15) is 29.7 Å². The van der Waals surface area contributed by atoms with Gasteiger partial charge in [0.25, 0.3) is 0 Å². The molecule has 4 aromatic carbocycles. The van der Waals surface area contributed by atoms with Crippen LogP contribution in [0.4, 0.5) is 14.4 Å². The molecule has 1 saturated carbocycles. The van der Waals surface area contributed by atoms with Crippen LogP contribution in [0.5, 0.6) is 0 Å². The van der Waals surface area contributed by atoms with E-state index in [-0.39, 0.29) is 32.8 Å². The Hall–Kier alpha value is -6.23. The van der Waals surface area contributed by atoms with Crippen LogP contribution in [0.25, 0.3) is 0 Å². The monoisotopic (exact) mass is 1040 g/mol. The predicted molar refractivity (Wildman–Crippen MR) is 269 cm³/mol. The van der Waals surface area contributed by atoms with Crippen LogP contribution in [0.15, 0.2) is 146 Å². The van der Waals surface area contributed by atoms with Crippen LogP contribution in [-0.2, 0) is 73.8 Å². The van der Waals surface area contributed by atoms with Gasteiger partial charge in [-0.25, -0.2) is 14.4 Å². The zero-order chi connectivity index (χ0) is 52.5. The van der Waals surface area contributed by atoms with E-state index in [0.29, 0.717) is 13.0 Å². The lowest BCUT2D eigenvalue weighted by Gasteiger charge is -2.46. The standard InChI is InChI=1S/C56H67N3O16/c1-3-40-24-26-42(57-54(63)67-31-37-18-10-5-11-19-37)51(70-40)74-49-45(29-60)72-53(47(49)62)75-50-46(61)44(59-56(65)69-33-39-22-14-7-15-23-39)28-35(2)48(50)73-52-43(58-55(64)68-32-38-20-12-6-13-21-38)27-25-41(71-52)34-66-30-36-16-8-4-9-17-36/h4-27,35,40-53,60-62H,3,28-34H2,1-2H3,(H,57,63)(H,58,64)(H,59,65)/t35-,40-,41-,42+,43+,44+,45+,46-,47+,48+,49+,50+,51+,52+,53-/m0/s1. The first-order valence-corrected chi connectivity index (χ1v) is 25.3. The molecule has 4 aromatic rings. The molecule has 8 rings (SSSR count). The van der Waals surface area contributed by atoms with E-state index in [1.165, 1.54) is 0 Å². The summed E-state index contributed by atoms with van der Waals surface area (Å²) >= 11 is 0. The molecular weight excluding hydrogens is 971 g/mol. The van der Waals surface area contributed by atoms with Crippen molar-refractivity contribution in [3.05, 3.63) is 168 Å². The second kappa shape index (κ2) is 27.5. The van der Waals surface area contributed by atoms with Crippen LogP contribution >= 0.6 is 0 Å². The molecule has 3 heterocycles. The largest absolute Gasteiger partial charge is 0.445 e. The second-order valence-corrected chi connectivity index (χ2v) is 18.8. The minimum absolute atomic E-state index is 0.000144. The molecule has 0 radical (unpaired) electrons. The third kappa shape index (κ3) is 15.7. The van der Waals surface area contributed by atoms with Gasteiger partial charge in [-0.2, -0.15) is 0 Å². The molecule has 0 unspecified atom stereocenters. The van der Waals surface area contributed by atoms with Gasteiger partial charge in [-0.15, -0.1) is 0 Å². The number of hydrogen-bond acceptors (Lipinski definition) is 16. The first-order chi connectivity index (χ1) is 36.5. The fourth-order valence-corrected chi connectivity index (χ4v) is 9.18. The van der Waals surface area contributed by atoms with Crippen molar-refractivity contribution < 1.29 is 77.1 Å². The summed E-state index contributed by atoms with van der Waals surface area (Å²) in [5.41, 5.74) is 3.27. The van der Waals surface area contributed by atoms with Crippen molar-refractivity contribution in [2.24, 2.45) is 5.92 Å². The van der Waals surface area contributed by atoms with Crippen LogP contribution in [0.2, 0.25) is 0 Å². The number of alkyl carbamates (subject to hydrolysis) is 3. The molecule has 6 N–H and O–H groups in total. The normalized spacial score (nSPS) is 30.2. The lowest BCUT2D eigenvalue weighted by molar-refractivity contribution is -0.288. The van der Waals surface area contributed by atoms with Crippen LogP contribution in [0, 0.1) is 5.92 Å². The summed E-state index contributed by atoms with van der Waals surface area (Å²) in [4.78, 5) is 39.7. The van der Waals surface area contributed by atoms with Gasteiger partial charge in [0.15, 0.2) is 18.9 Å². The fourth-order valence-electron chi connectivity index (χ4n) is 9.18. The van der Waals surface area contributed by atoms with Crippen LogP contribution < -0.4 is 16.0 Å². The van der Waals surface area contributed by atoms with E-state index >= 15 is 0 Å². The zero-order valence-corrected chi connectivity index (χ0v) is 41.8. The van der Waals surface area contributed by atoms with E-state index in [2.05, 4.69) is 16.0 Å². The highest BCUT2D eigenvalue weighted by Crippen LogP contribution is 2.37. The van der Waals surface area contributed by atoms with E-state index in [4.69, 9.17) is 47.4 Å². The van der Waals surface area contributed by atoms with Gasteiger partial charge in [0, 0.05) is 0 Å². The molecule has 19 nitrogen and oxygen atoms in total. The molecule has 4 aliphatic rings. The predicted octanol–water partition coefficient (Wildman–Crippen LogP) is 5.69. The molecule has 1 aliphatic carbocycles. The summed E-state index contributed by atoms with van der Waals surface area (Å²) in [6, 6.07) is 34.3. The number of aliphatic hydroxyl groups excluding tert-OH is 3. The fraction of sp³-hybridized carbons (Fsp3) is 0.446. The summed E-state index contributed by atoms with van der Waals surface area (Å²) in [6.45, 7) is 3.52. The number of nitrogens with one attached hydrogen (secondary N) is 3. The highest BCUT2D eigenvalue weighted by molar-refractivity contribution is 5.69. The summed E-state index contributed by atoms with van der Waals surface area (Å²) in [7, 11) is 0. The van der Waals surface area contributed by atoms with Gasteiger partial charge in [-0.05, 0) is 41.0 Å². The molecule has 2 fully saturated rings. The number of amides is 3. The van der Waals surface area contributed by atoms with E-state index in [0.717, 1.165) is 22.3 Å². The van der Waals surface area contributed by atoms with Gasteiger partial charge >= 0.3 is 18.3 Å². The maximum Gasteiger partial charge on any atom is 0.408 e. The van der Waals surface area contributed by atoms with Gasteiger partial charge in [-0.1, -0.05) is 159 Å². The number of aliphatic hydroxyl groups is 3. The first kappa shape index (κ1) is 55.0. The van der Waals surface area contributed by atoms with E-state index in [1.807, 2.05) is 135 Å². The zero-order valence-electron chi connectivity index (χ0n) is 41.8. The number of rotatable bonds is 21. The van der Waals surface area contributed by atoms with Crippen molar-refractivity contribution in [1.29, 1.82) is 0 Å². The highest BCUT2D eigenvalue weighted by atomic mass is 16.8. The Balaban J connectivity index is 1.00. The number of hydrogen-bond donors (Lipinski definition) is 6. The van der Waals surface area contributed by atoms with Crippen molar-refractivity contribution >= 4 is 18.3 Å². The maximum absolute atomic E-state index is 13.4. The van der Waals surface area contributed by atoms with Gasteiger partial charge in [0.1, 0.15) is 68.5 Å². The Bertz CT molecular complexity index is 2440. The Morgan fingerprint density at radius 3 is 1.47 bits per heavy atom. The topological polar surface area (TPSA) is 240 Å². The van der Waals surface area contributed by atoms with Crippen LogP contribution in [0.3, 0.4) is 0 Å². The summed E-state index contributed by atoms with van der Waals surface area (Å²) in [5.74, 6) is -0.521. The molecule has 19 heteroatoms. The third-order valence-corrected chi connectivity index (χ3v) is 13.2. The Morgan fingerprint density at radius 2 is 0.973 bits per heavy atom. The molecule has 0 aromatic heterocycles. The van der Waals surface area contributed by atoms with E-state index in [1.54, 1.807) is 24.3 Å². The quantitative estimate of drug-likeness (QED) is 0.0434. The average Bonchev–Trinajstić information content (AvgIpc) is 3.74.